The predicted octanol–water partition coefficient (Wildman–Crippen LogP) is 3.51. The molecule has 0 aliphatic heterocycles. The zero-order valence-electron chi connectivity index (χ0n) is 13.9. The second-order valence-corrected chi connectivity index (χ2v) is 6.75. The van der Waals surface area contributed by atoms with Gasteiger partial charge in [-0.1, -0.05) is 32.8 Å². The Hall–Kier alpha value is -0.930. The molecule has 1 heterocycles. The predicted molar refractivity (Wildman–Crippen MR) is 89.1 cm³/mol. The Labute approximate surface area is 129 Å². The van der Waals surface area contributed by atoms with Gasteiger partial charge in [0, 0.05) is 24.3 Å². The van der Waals surface area contributed by atoms with Crippen molar-refractivity contribution >= 4 is 0 Å². The Balaban J connectivity index is 2.16. The molecule has 0 saturated heterocycles. The summed E-state index contributed by atoms with van der Waals surface area (Å²) in [6.07, 6.45) is 6.41. The summed E-state index contributed by atoms with van der Waals surface area (Å²) in [5.41, 5.74) is 8.69. The van der Waals surface area contributed by atoms with E-state index in [1.165, 1.54) is 37.8 Å². The van der Waals surface area contributed by atoms with E-state index in [4.69, 9.17) is 5.73 Å². The van der Waals surface area contributed by atoms with Crippen molar-refractivity contribution in [3.63, 3.8) is 0 Å². The van der Waals surface area contributed by atoms with Crippen molar-refractivity contribution in [2.45, 2.75) is 65.0 Å². The van der Waals surface area contributed by atoms with Gasteiger partial charge in [-0.05, 0) is 50.8 Å². The topological polar surface area (TPSA) is 42.2 Å². The SMILES string of the molecule is CCN(Cc1cccc(C)n1)C1(CN)CCCC(C)CC1. The Morgan fingerprint density at radius 1 is 1.33 bits per heavy atom. The molecule has 1 aliphatic rings. The highest BCUT2D eigenvalue weighted by Crippen LogP contribution is 2.34. The molecule has 1 aromatic heterocycles. The summed E-state index contributed by atoms with van der Waals surface area (Å²) in [7, 11) is 0. The van der Waals surface area contributed by atoms with Gasteiger partial charge in [-0.2, -0.15) is 0 Å². The molecule has 0 spiro atoms. The van der Waals surface area contributed by atoms with Gasteiger partial charge in [0.25, 0.3) is 0 Å². The molecule has 2 unspecified atom stereocenters. The maximum atomic E-state index is 6.25. The summed E-state index contributed by atoms with van der Waals surface area (Å²) in [6, 6.07) is 6.31. The van der Waals surface area contributed by atoms with Gasteiger partial charge in [-0.15, -0.1) is 0 Å². The normalized spacial score (nSPS) is 26.8. The van der Waals surface area contributed by atoms with Gasteiger partial charge in [-0.3, -0.25) is 9.88 Å². The van der Waals surface area contributed by atoms with Gasteiger partial charge in [0.2, 0.25) is 0 Å². The van der Waals surface area contributed by atoms with E-state index in [9.17, 15) is 0 Å². The van der Waals surface area contributed by atoms with Crippen LogP contribution in [0.4, 0.5) is 0 Å². The fourth-order valence-corrected chi connectivity index (χ4v) is 3.71. The molecule has 1 saturated carbocycles. The summed E-state index contributed by atoms with van der Waals surface area (Å²) in [5, 5.41) is 0. The molecular formula is C18H31N3. The first kappa shape index (κ1) is 16.4. The average Bonchev–Trinajstić information content (AvgIpc) is 2.67. The van der Waals surface area contributed by atoms with E-state index in [-0.39, 0.29) is 5.54 Å². The third-order valence-electron chi connectivity index (χ3n) is 5.17. The van der Waals surface area contributed by atoms with Crippen molar-refractivity contribution in [2.75, 3.05) is 13.1 Å². The van der Waals surface area contributed by atoms with Crippen LogP contribution in [0.1, 0.15) is 57.3 Å². The van der Waals surface area contributed by atoms with Crippen LogP contribution in [0.15, 0.2) is 18.2 Å². The van der Waals surface area contributed by atoms with Crippen LogP contribution in [0.5, 0.6) is 0 Å². The van der Waals surface area contributed by atoms with E-state index in [2.05, 4.69) is 48.9 Å². The summed E-state index contributed by atoms with van der Waals surface area (Å²) in [5.74, 6) is 0.842. The minimum Gasteiger partial charge on any atom is -0.329 e. The zero-order chi connectivity index (χ0) is 15.3. The van der Waals surface area contributed by atoms with Crippen LogP contribution in [0.3, 0.4) is 0 Å². The lowest BCUT2D eigenvalue weighted by Crippen LogP contribution is -2.53. The molecule has 0 aromatic carbocycles. The molecule has 2 N–H and O–H groups in total. The highest BCUT2D eigenvalue weighted by molar-refractivity contribution is 5.10. The second-order valence-electron chi connectivity index (χ2n) is 6.75. The lowest BCUT2D eigenvalue weighted by atomic mass is 9.87. The Morgan fingerprint density at radius 2 is 2.14 bits per heavy atom. The number of nitrogens with two attached hydrogens (primary N) is 1. The van der Waals surface area contributed by atoms with E-state index >= 15 is 0 Å². The van der Waals surface area contributed by atoms with E-state index in [0.717, 1.165) is 31.2 Å². The van der Waals surface area contributed by atoms with E-state index < -0.39 is 0 Å². The molecular weight excluding hydrogens is 258 g/mol. The number of pyridine rings is 1. The third-order valence-corrected chi connectivity index (χ3v) is 5.17. The third kappa shape index (κ3) is 4.04. The highest BCUT2D eigenvalue weighted by Gasteiger charge is 2.36. The number of nitrogens with zero attached hydrogens (tertiary/aromatic N) is 2. The standard InChI is InChI=1S/C18H31N3/c1-4-21(13-17-9-5-8-16(3)20-17)18(14-19)11-6-7-15(2)10-12-18/h5,8-9,15H,4,6-7,10-14,19H2,1-3H3. The average molecular weight is 289 g/mol. The van der Waals surface area contributed by atoms with Crippen molar-refractivity contribution < 1.29 is 0 Å². The van der Waals surface area contributed by atoms with Crippen molar-refractivity contribution in [3.8, 4) is 0 Å². The first-order valence-corrected chi connectivity index (χ1v) is 8.47. The lowest BCUT2D eigenvalue weighted by molar-refractivity contribution is 0.0734. The van der Waals surface area contributed by atoms with Crippen molar-refractivity contribution in [1.29, 1.82) is 0 Å². The molecule has 3 heteroatoms. The van der Waals surface area contributed by atoms with Crippen molar-refractivity contribution in [1.82, 2.24) is 9.88 Å². The summed E-state index contributed by atoms with van der Waals surface area (Å²) >= 11 is 0. The summed E-state index contributed by atoms with van der Waals surface area (Å²) < 4.78 is 0. The van der Waals surface area contributed by atoms with Crippen LogP contribution in [0.2, 0.25) is 0 Å². The van der Waals surface area contributed by atoms with Crippen LogP contribution in [0, 0.1) is 12.8 Å². The van der Waals surface area contributed by atoms with E-state index in [0.29, 0.717) is 0 Å². The fraction of sp³-hybridized carbons (Fsp3) is 0.722. The first-order chi connectivity index (χ1) is 10.1. The number of likely N-dealkylation sites (N-methyl/N-ethyl adjacent to an activating group) is 1. The van der Waals surface area contributed by atoms with Gasteiger partial charge in [0.1, 0.15) is 0 Å². The molecule has 2 rings (SSSR count). The maximum Gasteiger partial charge on any atom is 0.0547 e. The number of aromatic nitrogens is 1. The van der Waals surface area contributed by atoms with Crippen molar-refractivity contribution in [3.05, 3.63) is 29.6 Å². The molecule has 3 nitrogen and oxygen atoms in total. The monoisotopic (exact) mass is 289 g/mol. The molecule has 0 bridgehead atoms. The summed E-state index contributed by atoms with van der Waals surface area (Å²) in [6.45, 7) is 9.42. The van der Waals surface area contributed by atoms with Gasteiger partial charge in [0.15, 0.2) is 0 Å². The zero-order valence-corrected chi connectivity index (χ0v) is 13.9. The number of aryl methyl sites for hydroxylation is 1. The molecule has 0 radical (unpaired) electrons. The van der Waals surface area contributed by atoms with Crippen LogP contribution < -0.4 is 5.73 Å². The van der Waals surface area contributed by atoms with Crippen LogP contribution in [-0.4, -0.2) is 28.5 Å². The van der Waals surface area contributed by atoms with Gasteiger partial charge in [0.05, 0.1) is 5.69 Å². The lowest BCUT2D eigenvalue weighted by Gasteiger charge is -2.43. The Kier molecular flexibility index (Phi) is 5.77. The van der Waals surface area contributed by atoms with Gasteiger partial charge in [-0.25, -0.2) is 0 Å². The molecule has 1 fully saturated rings. The van der Waals surface area contributed by atoms with Crippen LogP contribution in [-0.2, 0) is 6.54 Å². The van der Waals surface area contributed by atoms with Gasteiger partial charge < -0.3 is 5.73 Å². The summed E-state index contributed by atoms with van der Waals surface area (Å²) in [4.78, 5) is 7.25. The molecule has 0 amide bonds. The quantitative estimate of drug-likeness (QED) is 0.843. The molecule has 1 aromatic rings. The first-order valence-electron chi connectivity index (χ1n) is 8.47. The fourth-order valence-electron chi connectivity index (χ4n) is 3.71. The number of rotatable bonds is 5. The number of hydrogen-bond acceptors (Lipinski definition) is 3. The molecule has 118 valence electrons. The molecule has 1 aliphatic carbocycles. The highest BCUT2D eigenvalue weighted by atomic mass is 15.2. The van der Waals surface area contributed by atoms with Gasteiger partial charge >= 0.3 is 0 Å². The Bertz CT molecular complexity index is 446. The van der Waals surface area contributed by atoms with Crippen molar-refractivity contribution in [2.24, 2.45) is 11.7 Å². The van der Waals surface area contributed by atoms with Crippen LogP contribution >= 0.6 is 0 Å². The second kappa shape index (κ2) is 7.37. The smallest absolute Gasteiger partial charge is 0.0547 e. The number of hydrogen-bond donors (Lipinski definition) is 1. The largest absolute Gasteiger partial charge is 0.329 e. The van der Waals surface area contributed by atoms with E-state index in [1.54, 1.807) is 0 Å². The van der Waals surface area contributed by atoms with E-state index in [1.807, 2.05) is 0 Å². The molecule has 2 atom stereocenters. The van der Waals surface area contributed by atoms with Crippen LogP contribution in [0.25, 0.3) is 0 Å². The maximum absolute atomic E-state index is 6.25. The minimum absolute atomic E-state index is 0.172. The Morgan fingerprint density at radius 3 is 2.81 bits per heavy atom. The minimum atomic E-state index is 0.172. The molecule has 21 heavy (non-hydrogen) atoms.